The van der Waals surface area contributed by atoms with Crippen LogP contribution in [0.4, 0.5) is 21.5 Å². The lowest BCUT2D eigenvalue weighted by molar-refractivity contribution is 0.101. The number of nitrogens with one attached hydrogen (secondary N) is 2. The van der Waals surface area contributed by atoms with Gasteiger partial charge in [-0.15, -0.1) is 0 Å². The molecule has 0 aliphatic carbocycles. The van der Waals surface area contributed by atoms with Gasteiger partial charge >= 0.3 is 0 Å². The molecule has 182 valence electrons. The highest BCUT2D eigenvalue weighted by molar-refractivity contribution is 7.92. The Morgan fingerprint density at radius 3 is 2.40 bits per heavy atom. The van der Waals surface area contributed by atoms with Crippen LogP contribution < -0.4 is 19.7 Å². The Morgan fingerprint density at radius 1 is 1.00 bits per heavy atom. The smallest absolute Gasteiger partial charge is 0.255 e. The van der Waals surface area contributed by atoms with Gasteiger partial charge < -0.3 is 15.4 Å². The number of halogens is 1. The number of hydrogen-bond donors (Lipinski definition) is 2. The standard InChI is InChI=1S/C25H24FN3O5S/c1-15-11-18-12-17(7-9-22(18)29(15)35(3,32)33)24(30)27-20-8-10-23(34-2)21(14-20)28-25(31)16-5-4-6-19(26)13-16/h4-10,12-15H,11H2,1-3H3,(H,27,30)(H,28,31). The van der Waals surface area contributed by atoms with Crippen LogP contribution in [0.25, 0.3) is 0 Å². The molecule has 0 aromatic heterocycles. The van der Waals surface area contributed by atoms with Crippen molar-refractivity contribution < 1.29 is 27.1 Å². The first-order valence-electron chi connectivity index (χ1n) is 10.8. The lowest BCUT2D eigenvalue weighted by Gasteiger charge is -2.21. The number of methoxy groups -OCH3 is 1. The maximum atomic E-state index is 13.5. The summed E-state index contributed by atoms with van der Waals surface area (Å²) in [5.74, 6) is -1.10. The van der Waals surface area contributed by atoms with Crippen LogP contribution in [0.15, 0.2) is 60.7 Å². The molecule has 1 aliphatic heterocycles. The maximum Gasteiger partial charge on any atom is 0.255 e. The molecule has 3 aromatic carbocycles. The van der Waals surface area contributed by atoms with E-state index in [1.165, 1.54) is 35.7 Å². The summed E-state index contributed by atoms with van der Waals surface area (Å²) in [4.78, 5) is 25.5. The molecule has 35 heavy (non-hydrogen) atoms. The van der Waals surface area contributed by atoms with Crippen LogP contribution in [0.1, 0.15) is 33.2 Å². The zero-order chi connectivity index (χ0) is 25.3. The minimum Gasteiger partial charge on any atom is -0.495 e. The lowest BCUT2D eigenvalue weighted by Crippen LogP contribution is -2.34. The number of benzene rings is 3. The van der Waals surface area contributed by atoms with Gasteiger partial charge in [0.2, 0.25) is 10.0 Å². The molecule has 2 N–H and O–H groups in total. The summed E-state index contributed by atoms with van der Waals surface area (Å²) in [6.45, 7) is 1.82. The fraction of sp³-hybridized carbons (Fsp3) is 0.200. The third-order valence-corrected chi connectivity index (χ3v) is 6.92. The van der Waals surface area contributed by atoms with Crippen LogP contribution in [0.2, 0.25) is 0 Å². The largest absolute Gasteiger partial charge is 0.495 e. The first kappa shape index (κ1) is 24.2. The number of anilines is 3. The minimum atomic E-state index is -3.43. The van der Waals surface area contributed by atoms with Gasteiger partial charge in [-0.1, -0.05) is 6.07 Å². The number of sulfonamides is 1. The average Bonchev–Trinajstić information content (AvgIpc) is 3.14. The lowest BCUT2D eigenvalue weighted by atomic mass is 10.1. The van der Waals surface area contributed by atoms with E-state index in [1.54, 1.807) is 30.3 Å². The second-order valence-corrected chi connectivity index (χ2v) is 10.1. The van der Waals surface area contributed by atoms with E-state index in [4.69, 9.17) is 4.74 Å². The molecule has 1 heterocycles. The number of rotatable bonds is 6. The van der Waals surface area contributed by atoms with Crippen molar-refractivity contribution in [3.05, 3.63) is 83.2 Å². The molecule has 0 bridgehead atoms. The first-order valence-corrected chi connectivity index (χ1v) is 12.6. The van der Waals surface area contributed by atoms with Crippen molar-refractivity contribution in [1.29, 1.82) is 0 Å². The highest BCUT2D eigenvalue weighted by atomic mass is 32.2. The van der Waals surface area contributed by atoms with E-state index in [0.717, 1.165) is 17.9 Å². The van der Waals surface area contributed by atoms with E-state index in [-0.39, 0.29) is 11.6 Å². The summed E-state index contributed by atoms with van der Waals surface area (Å²) < 4.78 is 44.4. The highest BCUT2D eigenvalue weighted by Gasteiger charge is 2.32. The van der Waals surface area contributed by atoms with Gasteiger partial charge in [-0.3, -0.25) is 13.9 Å². The van der Waals surface area contributed by atoms with Crippen molar-refractivity contribution in [3.63, 3.8) is 0 Å². The van der Waals surface area contributed by atoms with Gasteiger partial charge in [-0.05, 0) is 73.5 Å². The molecule has 0 fully saturated rings. The minimum absolute atomic E-state index is 0.136. The van der Waals surface area contributed by atoms with Gasteiger partial charge in [0, 0.05) is 22.9 Å². The maximum absolute atomic E-state index is 13.5. The van der Waals surface area contributed by atoms with E-state index in [2.05, 4.69) is 10.6 Å². The van der Waals surface area contributed by atoms with Crippen molar-refractivity contribution in [2.45, 2.75) is 19.4 Å². The molecule has 2 amide bonds. The van der Waals surface area contributed by atoms with Crippen molar-refractivity contribution in [2.75, 3.05) is 28.3 Å². The Balaban J connectivity index is 1.54. The van der Waals surface area contributed by atoms with Crippen molar-refractivity contribution in [3.8, 4) is 5.75 Å². The molecular weight excluding hydrogens is 473 g/mol. The van der Waals surface area contributed by atoms with Crippen LogP contribution in [0.5, 0.6) is 5.75 Å². The van der Waals surface area contributed by atoms with E-state index in [9.17, 15) is 22.4 Å². The Labute approximate surface area is 202 Å². The molecule has 0 saturated carbocycles. The molecule has 0 radical (unpaired) electrons. The zero-order valence-corrected chi connectivity index (χ0v) is 20.1. The summed E-state index contributed by atoms with van der Waals surface area (Å²) in [7, 11) is -1.98. The van der Waals surface area contributed by atoms with Crippen molar-refractivity contribution in [2.24, 2.45) is 0 Å². The van der Waals surface area contributed by atoms with E-state index >= 15 is 0 Å². The molecule has 1 unspecified atom stereocenters. The van der Waals surface area contributed by atoms with Gasteiger partial charge in [-0.2, -0.15) is 0 Å². The third kappa shape index (κ3) is 5.12. The SMILES string of the molecule is COc1ccc(NC(=O)c2ccc3c(c2)CC(C)N3S(C)(=O)=O)cc1NC(=O)c1cccc(F)c1. The van der Waals surface area contributed by atoms with Crippen LogP contribution in [-0.2, 0) is 16.4 Å². The van der Waals surface area contributed by atoms with E-state index in [1.807, 2.05) is 6.92 Å². The predicted molar refractivity (Wildman–Crippen MR) is 132 cm³/mol. The van der Waals surface area contributed by atoms with Crippen LogP contribution >= 0.6 is 0 Å². The summed E-state index contributed by atoms with van der Waals surface area (Å²) in [5.41, 5.74) is 2.55. The average molecular weight is 498 g/mol. The molecule has 0 spiro atoms. The molecule has 1 atom stereocenters. The Hall–Kier alpha value is -3.92. The Kier molecular flexibility index (Phi) is 6.49. The molecule has 3 aromatic rings. The predicted octanol–water partition coefficient (Wildman–Crippen LogP) is 4.05. The summed E-state index contributed by atoms with van der Waals surface area (Å²) in [5, 5.41) is 5.45. The van der Waals surface area contributed by atoms with Crippen molar-refractivity contribution >= 4 is 38.9 Å². The van der Waals surface area contributed by atoms with Crippen LogP contribution in [0.3, 0.4) is 0 Å². The van der Waals surface area contributed by atoms with Crippen LogP contribution in [-0.4, -0.2) is 39.6 Å². The Morgan fingerprint density at radius 2 is 1.71 bits per heavy atom. The number of amides is 2. The van der Waals surface area contributed by atoms with Gasteiger partial charge in [0.15, 0.2) is 0 Å². The quantitative estimate of drug-likeness (QED) is 0.535. The summed E-state index contributed by atoms with van der Waals surface area (Å²) >= 11 is 0. The third-order valence-electron chi connectivity index (χ3n) is 5.64. The first-order chi connectivity index (χ1) is 16.6. The van der Waals surface area contributed by atoms with Crippen molar-refractivity contribution in [1.82, 2.24) is 0 Å². The molecule has 10 heteroatoms. The number of fused-ring (bicyclic) bond motifs is 1. The molecule has 0 saturated heterocycles. The summed E-state index contributed by atoms with van der Waals surface area (Å²) in [6, 6.07) is 14.7. The fourth-order valence-corrected chi connectivity index (χ4v) is 5.42. The molecule has 4 rings (SSSR count). The number of ether oxygens (including phenoxy) is 1. The van der Waals surface area contributed by atoms with Crippen LogP contribution in [0, 0.1) is 5.82 Å². The molecular formula is C25H24FN3O5S. The van der Waals surface area contributed by atoms with Gasteiger partial charge in [0.25, 0.3) is 11.8 Å². The zero-order valence-electron chi connectivity index (χ0n) is 19.3. The monoisotopic (exact) mass is 497 g/mol. The van der Waals surface area contributed by atoms with Gasteiger partial charge in [-0.25, -0.2) is 12.8 Å². The number of nitrogens with zero attached hydrogens (tertiary/aromatic N) is 1. The topological polar surface area (TPSA) is 105 Å². The number of carbonyl (C=O) groups excluding carboxylic acids is 2. The normalized spacial score (nSPS) is 14.9. The van der Waals surface area contributed by atoms with Gasteiger partial charge in [0.1, 0.15) is 11.6 Å². The second-order valence-electron chi connectivity index (χ2n) is 8.29. The van der Waals surface area contributed by atoms with E-state index in [0.29, 0.717) is 34.8 Å². The fourth-order valence-electron chi connectivity index (χ4n) is 4.16. The highest BCUT2D eigenvalue weighted by Crippen LogP contribution is 2.35. The number of carbonyl (C=O) groups is 2. The Bertz CT molecular complexity index is 1420. The molecule has 8 nitrogen and oxygen atoms in total. The second kappa shape index (κ2) is 9.38. The van der Waals surface area contributed by atoms with E-state index < -0.39 is 27.7 Å². The number of hydrogen-bond acceptors (Lipinski definition) is 5. The summed E-state index contributed by atoms with van der Waals surface area (Å²) in [6.07, 6.45) is 1.66. The molecule has 1 aliphatic rings. The van der Waals surface area contributed by atoms with Gasteiger partial charge in [0.05, 0.1) is 24.7 Å².